The lowest BCUT2D eigenvalue weighted by atomic mass is 10.2. The summed E-state index contributed by atoms with van der Waals surface area (Å²) in [5, 5.41) is 9.44. The van der Waals surface area contributed by atoms with Crippen LogP contribution in [0.3, 0.4) is 0 Å². The summed E-state index contributed by atoms with van der Waals surface area (Å²) >= 11 is 0. The molecule has 4 rings (SSSR count). The highest BCUT2D eigenvalue weighted by atomic mass is 16.7. The average Bonchev–Trinajstić information content (AvgIpc) is 3.21. The Morgan fingerprint density at radius 1 is 1.03 bits per heavy atom. The monoisotopic (exact) mass is 397 g/mol. The van der Waals surface area contributed by atoms with Crippen LogP contribution in [0.15, 0.2) is 42.5 Å². The van der Waals surface area contributed by atoms with Gasteiger partial charge in [-0.15, -0.1) is 0 Å². The standard InChI is InChI=1S/C22H27N3O4/c1-2-24(14-17-3-8-20-21(13-17)29-16-28-20)22(27)15-23-9-11-25(12-10-23)18-4-6-19(26)7-5-18/h3-8,13,26H,2,9-12,14-16H2,1H3. The molecule has 0 radical (unpaired) electrons. The van der Waals surface area contributed by atoms with Crippen molar-refractivity contribution in [1.82, 2.24) is 9.80 Å². The number of benzene rings is 2. The van der Waals surface area contributed by atoms with Gasteiger partial charge in [-0.25, -0.2) is 0 Å². The highest BCUT2D eigenvalue weighted by molar-refractivity contribution is 5.78. The largest absolute Gasteiger partial charge is 0.508 e. The fraction of sp³-hybridized carbons (Fsp3) is 0.409. The zero-order chi connectivity index (χ0) is 20.2. The fourth-order valence-electron chi connectivity index (χ4n) is 3.75. The molecule has 0 spiro atoms. The number of fused-ring (bicyclic) bond motifs is 1. The lowest BCUT2D eigenvalue weighted by Gasteiger charge is -2.36. The van der Waals surface area contributed by atoms with Gasteiger partial charge in [-0.1, -0.05) is 6.07 Å². The van der Waals surface area contributed by atoms with Crippen LogP contribution >= 0.6 is 0 Å². The van der Waals surface area contributed by atoms with E-state index in [0.717, 1.165) is 48.9 Å². The fourth-order valence-corrected chi connectivity index (χ4v) is 3.75. The highest BCUT2D eigenvalue weighted by Crippen LogP contribution is 2.32. The maximum absolute atomic E-state index is 12.9. The van der Waals surface area contributed by atoms with E-state index in [-0.39, 0.29) is 18.4 Å². The van der Waals surface area contributed by atoms with Crippen molar-refractivity contribution in [3.05, 3.63) is 48.0 Å². The van der Waals surface area contributed by atoms with Crippen LogP contribution in [0.5, 0.6) is 17.2 Å². The number of carbonyl (C=O) groups excluding carboxylic acids is 1. The molecule has 2 aliphatic rings. The SMILES string of the molecule is CCN(Cc1ccc2c(c1)OCO2)C(=O)CN1CCN(c2ccc(O)cc2)CC1. The number of likely N-dealkylation sites (N-methyl/N-ethyl adjacent to an activating group) is 1. The summed E-state index contributed by atoms with van der Waals surface area (Å²) in [5.74, 6) is 1.93. The van der Waals surface area contributed by atoms with Gasteiger partial charge in [-0.05, 0) is 48.9 Å². The molecule has 2 aromatic rings. The van der Waals surface area contributed by atoms with Crippen LogP contribution in [-0.4, -0.2) is 66.9 Å². The summed E-state index contributed by atoms with van der Waals surface area (Å²) in [4.78, 5) is 19.2. The van der Waals surface area contributed by atoms with Gasteiger partial charge in [-0.2, -0.15) is 0 Å². The molecule has 7 heteroatoms. The smallest absolute Gasteiger partial charge is 0.237 e. The van der Waals surface area contributed by atoms with E-state index in [1.54, 1.807) is 12.1 Å². The summed E-state index contributed by atoms with van der Waals surface area (Å²) in [6, 6.07) is 13.1. The van der Waals surface area contributed by atoms with Gasteiger partial charge in [0.15, 0.2) is 11.5 Å². The van der Waals surface area contributed by atoms with E-state index in [2.05, 4.69) is 9.80 Å². The third-order valence-electron chi connectivity index (χ3n) is 5.49. The topological polar surface area (TPSA) is 65.5 Å². The minimum atomic E-state index is 0.142. The molecule has 0 unspecified atom stereocenters. The van der Waals surface area contributed by atoms with Crippen LogP contribution in [0.25, 0.3) is 0 Å². The van der Waals surface area contributed by atoms with E-state index in [4.69, 9.17) is 9.47 Å². The zero-order valence-electron chi connectivity index (χ0n) is 16.7. The van der Waals surface area contributed by atoms with Gasteiger partial charge in [0.25, 0.3) is 0 Å². The Balaban J connectivity index is 1.29. The Kier molecular flexibility index (Phi) is 5.76. The quantitative estimate of drug-likeness (QED) is 0.807. The van der Waals surface area contributed by atoms with Crippen LogP contribution in [0, 0.1) is 0 Å². The van der Waals surface area contributed by atoms with Crippen molar-refractivity contribution in [2.45, 2.75) is 13.5 Å². The van der Waals surface area contributed by atoms with Gasteiger partial charge in [0.05, 0.1) is 6.54 Å². The number of phenols is 1. The number of phenolic OH excluding ortho intramolecular Hbond substituents is 1. The lowest BCUT2D eigenvalue weighted by molar-refractivity contribution is -0.132. The Morgan fingerprint density at radius 2 is 1.76 bits per heavy atom. The first kappa shape index (κ1) is 19.4. The molecule has 2 heterocycles. The second kappa shape index (κ2) is 8.61. The molecule has 2 aromatic carbocycles. The van der Waals surface area contributed by atoms with Crippen molar-refractivity contribution in [2.75, 3.05) is 51.0 Å². The van der Waals surface area contributed by atoms with Crippen LogP contribution in [-0.2, 0) is 11.3 Å². The van der Waals surface area contributed by atoms with Crippen LogP contribution < -0.4 is 14.4 Å². The molecule has 1 amide bonds. The number of piperazine rings is 1. The number of hydrogen-bond donors (Lipinski definition) is 1. The van der Waals surface area contributed by atoms with Gasteiger partial charge < -0.3 is 24.4 Å². The molecule has 7 nitrogen and oxygen atoms in total. The van der Waals surface area contributed by atoms with E-state index in [1.807, 2.05) is 42.2 Å². The minimum absolute atomic E-state index is 0.142. The maximum atomic E-state index is 12.9. The van der Waals surface area contributed by atoms with E-state index in [0.29, 0.717) is 19.6 Å². The molecular weight excluding hydrogens is 370 g/mol. The van der Waals surface area contributed by atoms with Crippen LogP contribution in [0.1, 0.15) is 12.5 Å². The molecule has 1 saturated heterocycles. The number of hydrogen-bond acceptors (Lipinski definition) is 6. The Bertz CT molecular complexity index is 848. The minimum Gasteiger partial charge on any atom is -0.508 e. The van der Waals surface area contributed by atoms with E-state index in [1.165, 1.54) is 0 Å². The molecular formula is C22H27N3O4. The van der Waals surface area contributed by atoms with Gasteiger partial charge >= 0.3 is 0 Å². The number of ether oxygens (including phenoxy) is 2. The van der Waals surface area contributed by atoms with Crippen molar-refractivity contribution >= 4 is 11.6 Å². The number of carbonyl (C=O) groups is 1. The Labute approximate surface area is 171 Å². The molecule has 0 aromatic heterocycles. The summed E-state index contributed by atoms with van der Waals surface area (Å²) in [6.07, 6.45) is 0. The second-order valence-electron chi connectivity index (χ2n) is 7.38. The van der Waals surface area contributed by atoms with Crippen molar-refractivity contribution in [2.24, 2.45) is 0 Å². The number of nitrogens with zero attached hydrogens (tertiary/aromatic N) is 3. The molecule has 0 atom stereocenters. The predicted molar refractivity (Wildman–Crippen MR) is 110 cm³/mol. The molecule has 29 heavy (non-hydrogen) atoms. The second-order valence-corrected chi connectivity index (χ2v) is 7.38. The van der Waals surface area contributed by atoms with Gasteiger partial charge in [0, 0.05) is 45.0 Å². The van der Waals surface area contributed by atoms with Gasteiger partial charge in [0.2, 0.25) is 12.7 Å². The molecule has 1 fully saturated rings. The van der Waals surface area contributed by atoms with Crippen molar-refractivity contribution in [3.63, 3.8) is 0 Å². The number of rotatable bonds is 6. The normalized spacial score (nSPS) is 16.1. The van der Waals surface area contributed by atoms with Crippen LogP contribution in [0.4, 0.5) is 5.69 Å². The van der Waals surface area contributed by atoms with Crippen molar-refractivity contribution in [3.8, 4) is 17.2 Å². The lowest BCUT2D eigenvalue weighted by Crippen LogP contribution is -2.50. The summed E-state index contributed by atoms with van der Waals surface area (Å²) in [7, 11) is 0. The molecule has 0 bridgehead atoms. The summed E-state index contributed by atoms with van der Waals surface area (Å²) < 4.78 is 10.8. The molecule has 1 N–H and O–H groups in total. The van der Waals surface area contributed by atoms with Crippen molar-refractivity contribution in [1.29, 1.82) is 0 Å². The Hall–Kier alpha value is -2.93. The number of anilines is 1. The Morgan fingerprint density at radius 3 is 2.48 bits per heavy atom. The van der Waals surface area contributed by atoms with E-state index >= 15 is 0 Å². The van der Waals surface area contributed by atoms with Gasteiger partial charge in [-0.3, -0.25) is 9.69 Å². The van der Waals surface area contributed by atoms with E-state index < -0.39 is 0 Å². The maximum Gasteiger partial charge on any atom is 0.237 e. The molecule has 0 saturated carbocycles. The van der Waals surface area contributed by atoms with E-state index in [9.17, 15) is 9.90 Å². The average molecular weight is 397 g/mol. The molecule has 154 valence electrons. The number of aromatic hydroxyl groups is 1. The summed E-state index contributed by atoms with van der Waals surface area (Å²) in [6.45, 7) is 7.35. The predicted octanol–water partition coefficient (Wildman–Crippen LogP) is 2.29. The first-order chi connectivity index (χ1) is 14.1. The summed E-state index contributed by atoms with van der Waals surface area (Å²) in [5.41, 5.74) is 2.15. The molecule has 0 aliphatic carbocycles. The zero-order valence-corrected chi connectivity index (χ0v) is 16.7. The van der Waals surface area contributed by atoms with Gasteiger partial charge in [0.1, 0.15) is 5.75 Å². The first-order valence-corrected chi connectivity index (χ1v) is 10.0. The highest BCUT2D eigenvalue weighted by Gasteiger charge is 2.22. The van der Waals surface area contributed by atoms with Crippen LogP contribution in [0.2, 0.25) is 0 Å². The first-order valence-electron chi connectivity index (χ1n) is 10.0. The number of amides is 1. The third kappa shape index (κ3) is 4.56. The third-order valence-corrected chi connectivity index (χ3v) is 5.49. The molecule has 2 aliphatic heterocycles. The van der Waals surface area contributed by atoms with Crippen molar-refractivity contribution < 1.29 is 19.4 Å².